The van der Waals surface area contributed by atoms with Crippen molar-refractivity contribution in [2.45, 2.75) is 0 Å². The van der Waals surface area contributed by atoms with Crippen molar-refractivity contribution in [3.05, 3.63) is 67.2 Å². The van der Waals surface area contributed by atoms with Gasteiger partial charge in [-0.05, 0) is 36.4 Å². The molecule has 0 saturated heterocycles. The predicted octanol–water partition coefficient (Wildman–Crippen LogP) is 3.73. The highest BCUT2D eigenvalue weighted by atomic mass is 16.5. The molecule has 0 fully saturated rings. The number of imidazole rings is 1. The third-order valence-corrected chi connectivity index (χ3v) is 4.53. The molecule has 0 amide bonds. The van der Waals surface area contributed by atoms with Gasteiger partial charge in [0.15, 0.2) is 5.76 Å². The molecule has 0 saturated carbocycles. The van der Waals surface area contributed by atoms with Gasteiger partial charge in [-0.2, -0.15) is 4.98 Å². The van der Waals surface area contributed by atoms with E-state index in [2.05, 4.69) is 15.0 Å². The van der Waals surface area contributed by atoms with Gasteiger partial charge in [-0.1, -0.05) is 0 Å². The Morgan fingerprint density at radius 2 is 1.86 bits per heavy atom. The fraction of sp³-hybridized carbons (Fsp3) is 0.0476. The second kappa shape index (κ2) is 6.75. The van der Waals surface area contributed by atoms with E-state index in [0.717, 1.165) is 22.3 Å². The first-order chi connectivity index (χ1) is 14.2. The molecule has 0 unspecified atom stereocenters. The standard InChI is InChI=1S/C21H16N6O2/c1-28-14-4-5-17-15(11-14)24-20(13-6-8-23-9-7-13)27(17)19-12-16(25-21(22)26-19)18-3-2-10-29-18/h2-12H,1H3,(H2,22,25,26). The second-order valence-electron chi connectivity index (χ2n) is 6.31. The lowest BCUT2D eigenvalue weighted by Gasteiger charge is -2.10. The molecule has 0 aliphatic heterocycles. The molecule has 29 heavy (non-hydrogen) atoms. The number of methoxy groups -OCH3 is 1. The molecular formula is C21H16N6O2. The molecule has 0 aliphatic carbocycles. The average molecular weight is 384 g/mol. The highest BCUT2D eigenvalue weighted by Gasteiger charge is 2.18. The van der Waals surface area contributed by atoms with Crippen LogP contribution < -0.4 is 10.5 Å². The molecule has 8 nitrogen and oxygen atoms in total. The summed E-state index contributed by atoms with van der Waals surface area (Å²) in [6, 6.07) is 15.0. The monoisotopic (exact) mass is 384 g/mol. The number of benzene rings is 1. The number of nitrogen functional groups attached to an aromatic ring is 1. The number of ether oxygens (including phenoxy) is 1. The third kappa shape index (κ3) is 2.96. The number of nitrogens with zero attached hydrogens (tertiary/aromatic N) is 5. The Labute approximate surface area is 165 Å². The smallest absolute Gasteiger partial charge is 0.222 e. The van der Waals surface area contributed by atoms with Crippen molar-refractivity contribution in [3.8, 4) is 34.4 Å². The van der Waals surface area contributed by atoms with Gasteiger partial charge in [0.2, 0.25) is 5.95 Å². The molecular weight excluding hydrogens is 368 g/mol. The van der Waals surface area contributed by atoms with Crippen LogP contribution in [0.4, 0.5) is 5.95 Å². The van der Waals surface area contributed by atoms with Crippen molar-refractivity contribution in [3.63, 3.8) is 0 Å². The lowest BCUT2D eigenvalue weighted by molar-refractivity contribution is 0.415. The molecule has 4 heterocycles. The Hall–Kier alpha value is -4.20. The highest BCUT2D eigenvalue weighted by molar-refractivity contribution is 5.84. The van der Waals surface area contributed by atoms with Gasteiger partial charge in [0, 0.05) is 30.1 Å². The first kappa shape index (κ1) is 16.9. The van der Waals surface area contributed by atoms with Gasteiger partial charge in [-0.25, -0.2) is 9.97 Å². The van der Waals surface area contributed by atoms with Gasteiger partial charge < -0.3 is 14.9 Å². The van der Waals surface area contributed by atoms with Crippen LogP contribution in [0.3, 0.4) is 0 Å². The Kier molecular flexibility index (Phi) is 3.94. The second-order valence-corrected chi connectivity index (χ2v) is 6.31. The number of nitrogens with two attached hydrogens (primary N) is 1. The number of anilines is 1. The van der Waals surface area contributed by atoms with Gasteiger partial charge >= 0.3 is 0 Å². The zero-order valence-corrected chi connectivity index (χ0v) is 15.5. The van der Waals surface area contributed by atoms with E-state index >= 15 is 0 Å². The van der Waals surface area contributed by atoms with Crippen LogP contribution in [0.15, 0.2) is 71.6 Å². The van der Waals surface area contributed by atoms with Crippen molar-refractivity contribution in [2.24, 2.45) is 0 Å². The summed E-state index contributed by atoms with van der Waals surface area (Å²) >= 11 is 0. The third-order valence-electron chi connectivity index (χ3n) is 4.53. The minimum absolute atomic E-state index is 0.143. The Bertz CT molecular complexity index is 1300. The average Bonchev–Trinajstić information content (AvgIpc) is 3.41. The van der Waals surface area contributed by atoms with Crippen LogP contribution in [0.2, 0.25) is 0 Å². The molecule has 1 aromatic carbocycles. The lowest BCUT2D eigenvalue weighted by atomic mass is 10.2. The van der Waals surface area contributed by atoms with E-state index in [1.54, 1.807) is 31.8 Å². The van der Waals surface area contributed by atoms with Crippen molar-refractivity contribution in [1.29, 1.82) is 0 Å². The SMILES string of the molecule is COc1ccc2c(c1)nc(-c1ccncc1)n2-c1cc(-c2ccco2)nc(N)n1. The van der Waals surface area contributed by atoms with E-state index < -0.39 is 0 Å². The molecule has 142 valence electrons. The summed E-state index contributed by atoms with van der Waals surface area (Å²) < 4.78 is 12.8. The maximum absolute atomic E-state index is 6.02. The van der Waals surface area contributed by atoms with Gasteiger partial charge in [-0.15, -0.1) is 0 Å². The van der Waals surface area contributed by atoms with Gasteiger partial charge in [0.25, 0.3) is 0 Å². The molecule has 5 rings (SSSR count). The summed E-state index contributed by atoms with van der Waals surface area (Å²) in [6.45, 7) is 0. The summed E-state index contributed by atoms with van der Waals surface area (Å²) in [5, 5.41) is 0. The molecule has 0 spiro atoms. The predicted molar refractivity (Wildman–Crippen MR) is 109 cm³/mol. The minimum Gasteiger partial charge on any atom is -0.497 e. The topological polar surface area (TPSA) is 105 Å². The fourth-order valence-electron chi connectivity index (χ4n) is 3.23. The number of aromatic nitrogens is 5. The molecule has 0 atom stereocenters. The number of hydrogen-bond donors (Lipinski definition) is 1. The van der Waals surface area contributed by atoms with E-state index in [1.807, 2.05) is 47.0 Å². The molecule has 0 radical (unpaired) electrons. The minimum atomic E-state index is 0.143. The van der Waals surface area contributed by atoms with Gasteiger partial charge in [0.1, 0.15) is 23.1 Å². The normalized spacial score (nSPS) is 11.1. The van der Waals surface area contributed by atoms with Crippen LogP contribution in [0.1, 0.15) is 0 Å². The van der Waals surface area contributed by atoms with Crippen molar-refractivity contribution in [1.82, 2.24) is 24.5 Å². The summed E-state index contributed by atoms with van der Waals surface area (Å²) in [5.74, 6) is 2.77. The quantitative estimate of drug-likeness (QED) is 0.503. The number of rotatable bonds is 4. The first-order valence-corrected chi connectivity index (χ1v) is 8.88. The van der Waals surface area contributed by atoms with E-state index in [0.29, 0.717) is 23.1 Å². The van der Waals surface area contributed by atoms with Gasteiger partial charge in [0.05, 0.1) is 24.4 Å². The Morgan fingerprint density at radius 1 is 1.00 bits per heavy atom. The molecule has 5 aromatic rings. The van der Waals surface area contributed by atoms with Crippen LogP contribution in [0, 0.1) is 0 Å². The largest absolute Gasteiger partial charge is 0.497 e. The fourth-order valence-corrected chi connectivity index (χ4v) is 3.23. The summed E-state index contributed by atoms with van der Waals surface area (Å²) in [7, 11) is 1.63. The van der Waals surface area contributed by atoms with Crippen LogP contribution in [0.25, 0.3) is 39.7 Å². The number of hydrogen-bond acceptors (Lipinski definition) is 7. The molecule has 0 aliphatic rings. The Morgan fingerprint density at radius 3 is 2.62 bits per heavy atom. The molecule has 4 aromatic heterocycles. The van der Waals surface area contributed by atoms with Crippen molar-refractivity contribution in [2.75, 3.05) is 12.8 Å². The zero-order chi connectivity index (χ0) is 19.8. The van der Waals surface area contributed by atoms with Crippen LogP contribution in [0.5, 0.6) is 5.75 Å². The van der Waals surface area contributed by atoms with Crippen LogP contribution in [-0.4, -0.2) is 31.6 Å². The first-order valence-electron chi connectivity index (χ1n) is 8.88. The highest BCUT2D eigenvalue weighted by Crippen LogP contribution is 2.31. The molecule has 0 bridgehead atoms. The van der Waals surface area contributed by atoms with E-state index in [1.165, 1.54) is 0 Å². The summed E-state index contributed by atoms with van der Waals surface area (Å²) in [6.07, 6.45) is 5.04. The van der Waals surface area contributed by atoms with E-state index in [9.17, 15) is 0 Å². The van der Waals surface area contributed by atoms with E-state index in [-0.39, 0.29) is 5.95 Å². The van der Waals surface area contributed by atoms with Crippen LogP contribution >= 0.6 is 0 Å². The van der Waals surface area contributed by atoms with Crippen molar-refractivity contribution >= 4 is 17.0 Å². The summed E-state index contributed by atoms with van der Waals surface area (Å²) in [4.78, 5) is 17.7. The Balaban J connectivity index is 1.80. The number of furan rings is 1. The zero-order valence-electron chi connectivity index (χ0n) is 15.5. The van der Waals surface area contributed by atoms with Gasteiger partial charge in [-0.3, -0.25) is 9.55 Å². The number of pyridine rings is 1. The molecule has 2 N–H and O–H groups in total. The van der Waals surface area contributed by atoms with Crippen molar-refractivity contribution < 1.29 is 9.15 Å². The van der Waals surface area contributed by atoms with Crippen LogP contribution in [-0.2, 0) is 0 Å². The van der Waals surface area contributed by atoms with E-state index in [4.69, 9.17) is 19.9 Å². The lowest BCUT2D eigenvalue weighted by Crippen LogP contribution is -2.05. The summed E-state index contributed by atoms with van der Waals surface area (Å²) in [5.41, 5.74) is 9.14. The molecule has 8 heteroatoms. The maximum Gasteiger partial charge on any atom is 0.222 e. The maximum atomic E-state index is 6.02. The number of fused-ring (bicyclic) bond motifs is 1.